The van der Waals surface area contributed by atoms with Crippen molar-refractivity contribution in [3.05, 3.63) is 84.4 Å². The molecular weight excluding hydrogens is 745 g/mol. The first-order valence-corrected chi connectivity index (χ1v) is 12.5. The number of hydrogen-bond donors (Lipinski definition) is 1. The van der Waals surface area contributed by atoms with Gasteiger partial charge in [0.2, 0.25) is 0 Å². The minimum Gasteiger partial charge on any atom is -0.320 e. The lowest BCUT2D eigenvalue weighted by Crippen LogP contribution is -2.50. The number of anilines is 2. The number of nitrogens with one attached hydrogen (secondary N) is 1. The molecule has 5 nitrogen and oxygen atoms in total. The standard InChI is InChI=1S/C23H12BrClF8IN3O2/c1-37(20(39)12-5-3-7-35-18(12)25)15-6-2-4-11(16(15)26)19(38)36-17-13(24)8-10(9-14(17)34)21(27,22(28,29)30)23(31,32)33/h2-9H,1H3,(H,36,38). The van der Waals surface area contributed by atoms with Crippen molar-refractivity contribution in [1.29, 1.82) is 0 Å². The van der Waals surface area contributed by atoms with Crippen LogP contribution in [0.5, 0.6) is 0 Å². The van der Waals surface area contributed by atoms with Gasteiger partial charge in [-0.2, -0.15) is 26.3 Å². The highest BCUT2D eigenvalue weighted by atomic mass is 127. The van der Waals surface area contributed by atoms with Gasteiger partial charge in [0.15, 0.2) is 5.82 Å². The molecule has 0 spiro atoms. The Balaban J connectivity index is 1.97. The van der Waals surface area contributed by atoms with Gasteiger partial charge >= 0.3 is 18.0 Å². The van der Waals surface area contributed by atoms with Gasteiger partial charge < -0.3 is 10.2 Å². The number of pyridine rings is 1. The average molecular weight is 757 g/mol. The van der Waals surface area contributed by atoms with E-state index in [-0.39, 0.29) is 34.2 Å². The van der Waals surface area contributed by atoms with Crippen LogP contribution in [0.2, 0.25) is 5.15 Å². The van der Waals surface area contributed by atoms with Gasteiger partial charge in [-0.25, -0.2) is 13.8 Å². The maximum absolute atomic E-state index is 15.3. The van der Waals surface area contributed by atoms with E-state index in [1.165, 1.54) is 60.1 Å². The Morgan fingerprint density at radius 2 is 1.59 bits per heavy atom. The average Bonchev–Trinajstić information content (AvgIpc) is 2.83. The predicted octanol–water partition coefficient (Wildman–Crippen LogP) is 8.06. The third kappa shape index (κ3) is 5.84. The molecule has 0 radical (unpaired) electrons. The van der Waals surface area contributed by atoms with E-state index in [1.54, 1.807) is 0 Å². The highest BCUT2D eigenvalue weighted by Gasteiger charge is 2.73. The molecule has 0 saturated carbocycles. The quantitative estimate of drug-likeness (QED) is 0.163. The van der Waals surface area contributed by atoms with Gasteiger partial charge in [0.25, 0.3) is 11.8 Å². The first kappa shape index (κ1) is 31.0. The molecule has 39 heavy (non-hydrogen) atoms. The van der Waals surface area contributed by atoms with Crippen LogP contribution >= 0.6 is 50.1 Å². The van der Waals surface area contributed by atoms with Gasteiger partial charge in [-0.3, -0.25) is 9.59 Å². The third-order valence-corrected chi connectivity index (χ3v) is 7.12. The monoisotopic (exact) mass is 755 g/mol. The Labute approximate surface area is 241 Å². The largest absolute Gasteiger partial charge is 0.435 e. The van der Waals surface area contributed by atoms with E-state index in [1.807, 2.05) is 0 Å². The summed E-state index contributed by atoms with van der Waals surface area (Å²) in [6, 6.07) is 6.68. The minimum atomic E-state index is -6.34. The molecule has 2 aromatic carbocycles. The van der Waals surface area contributed by atoms with Gasteiger partial charge in [-0.15, -0.1) is 0 Å². The molecule has 16 heteroatoms. The van der Waals surface area contributed by atoms with Gasteiger partial charge in [0.1, 0.15) is 5.15 Å². The third-order valence-electron chi connectivity index (χ3n) is 5.34. The summed E-state index contributed by atoms with van der Waals surface area (Å²) in [6.07, 6.45) is -11.4. The second-order valence-corrected chi connectivity index (χ2v) is 10.1. The van der Waals surface area contributed by atoms with Crippen molar-refractivity contribution >= 4 is 73.3 Å². The molecule has 2 amide bonds. The highest BCUT2D eigenvalue weighted by molar-refractivity contribution is 14.1. The van der Waals surface area contributed by atoms with E-state index < -0.39 is 54.8 Å². The van der Waals surface area contributed by atoms with E-state index in [4.69, 9.17) is 11.6 Å². The normalized spacial score (nSPS) is 12.3. The number of halogens is 11. The first-order valence-electron chi connectivity index (χ1n) is 10.2. The Morgan fingerprint density at radius 1 is 1.00 bits per heavy atom. The molecule has 3 aromatic rings. The summed E-state index contributed by atoms with van der Waals surface area (Å²) < 4.78 is 108. The van der Waals surface area contributed by atoms with E-state index >= 15 is 4.39 Å². The molecule has 0 unspecified atom stereocenters. The fourth-order valence-electron chi connectivity index (χ4n) is 3.35. The lowest BCUT2D eigenvalue weighted by atomic mass is 9.94. The molecule has 0 aliphatic carbocycles. The number of nitrogens with zero attached hydrogens (tertiary/aromatic N) is 2. The fraction of sp³-hybridized carbons (Fsp3) is 0.174. The number of carbonyl (C=O) groups is 2. The molecule has 0 fully saturated rings. The molecule has 1 aromatic heterocycles. The fourth-order valence-corrected chi connectivity index (χ4v) is 5.24. The number of hydrogen-bond acceptors (Lipinski definition) is 3. The molecule has 1 N–H and O–H groups in total. The molecule has 0 bridgehead atoms. The molecule has 3 rings (SSSR count). The van der Waals surface area contributed by atoms with Crippen molar-refractivity contribution in [3.8, 4) is 0 Å². The molecule has 1 heterocycles. The summed E-state index contributed by atoms with van der Waals surface area (Å²) >= 11 is 9.95. The Bertz CT molecular complexity index is 1410. The van der Waals surface area contributed by atoms with Gasteiger partial charge in [0.05, 0.1) is 22.5 Å². The number of benzene rings is 2. The van der Waals surface area contributed by atoms with Crippen LogP contribution in [0.3, 0.4) is 0 Å². The molecule has 0 saturated heterocycles. The lowest BCUT2D eigenvalue weighted by Gasteiger charge is -2.31. The zero-order chi connectivity index (χ0) is 29.5. The topological polar surface area (TPSA) is 62.3 Å². The molecular formula is C23H12BrClF8IN3O2. The number of carbonyl (C=O) groups excluding carboxylic acids is 2. The summed E-state index contributed by atoms with van der Waals surface area (Å²) in [5.74, 6) is -3.11. The summed E-state index contributed by atoms with van der Waals surface area (Å²) in [7, 11) is 1.20. The van der Waals surface area contributed by atoms with Crippen molar-refractivity contribution in [2.24, 2.45) is 0 Å². The number of aromatic nitrogens is 1. The zero-order valence-corrected chi connectivity index (χ0v) is 23.5. The molecule has 0 aliphatic rings. The van der Waals surface area contributed by atoms with Crippen molar-refractivity contribution < 1.29 is 44.7 Å². The van der Waals surface area contributed by atoms with Crippen molar-refractivity contribution in [3.63, 3.8) is 0 Å². The van der Waals surface area contributed by atoms with Crippen LogP contribution in [-0.4, -0.2) is 36.2 Å². The van der Waals surface area contributed by atoms with E-state index in [2.05, 4.69) is 26.2 Å². The van der Waals surface area contributed by atoms with Crippen molar-refractivity contribution in [2.45, 2.75) is 18.0 Å². The van der Waals surface area contributed by atoms with Crippen molar-refractivity contribution in [1.82, 2.24) is 4.98 Å². The zero-order valence-electron chi connectivity index (χ0n) is 19.0. The Hall–Kier alpha value is -2.53. The maximum atomic E-state index is 15.3. The number of amides is 2. The smallest absolute Gasteiger partial charge is 0.320 e. The lowest BCUT2D eigenvalue weighted by molar-refractivity contribution is -0.348. The summed E-state index contributed by atoms with van der Waals surface area (Å²) in [6.45, 7) is 0. The van der Waals surface area contributed by atoms with Crippen LogP contribution in [0.15, 0.2) is 53.1 Å². The van der Waals surface area contributed by atoms with Crippen LogP contribution in [0.25, 0.3) is 0 Å². The minimum absolute atomic E-state index is 0.0591. The number of alkyl halides is 7. The van der Waals surface area contributed by atoms with E-state index in [9.17, 15) is 40.3 Å². The van der Waals surface area contributed by atoms with Gasteiger partial charge in [-0.05, 0) is 74.9 Å². The molecule has 0 aliphatic heterocycles. The summed E-state index contributed by atoms with van der Waals surface area (Å²) in [5.41, 5.74) is -8.86. The molecule has 0 atom stereocenters. The molecule has 208 valence electrons. The van der Waals surface area contributed by atoms with E-state index in [0.717, 1.165) is 11.0 Å². The van der Waals surface area contributed by atoms with Crippen LogP contribution in [-0.2, 0) is 5.67 Å². The summed E-state index contributed by atoms with van der Waals surface area (Å²) in [5, 5.41) is 2.02. The Kier molecular flexibility index (Phi) is 8.87. The second-order valence-electron chi connectivity index (χ2n) is 7.77. The maximum Gasteiger partial charge on any atom is 0.435 e. The Morgan fingerprint density at radius 3 is 2.13 bits per heavy atom. The highest BCUT2D eigenvalue weighted by Crippen LogP contribution is 2.54. The van der Waals surface area contributed by atoms with Crippen LogP contribution in [0.1, 0.15) is 26.3 Å². The van der Waals surface area contributed by atoms with E-state index in [0.29, 0.717) is 0 Å². The van der Waals surface area contributed by atoms with Crippen LogP contribution in [0, 0.1) is 9.39 Å². The van der Waals surface area contributed by atoms with Crippen LogP contribution < -0.4 is 10.2 Å². The van der Waals surface area contributed by atoms with Gasteiger partial charge in [0, 0.05) is 26.9 Å². The number of rotatable bonds is 5. The van der Waals surface area contributed by atoms with Crippen molar-refractivity contribution in [2.75, 3.05) is 17.3 Å². The second kappa shape index (κ2) is 11.2. The predicted molar refractivity (Wildman–Crippen MR) is 138 cm³/mol. The SMILES string of the molecule is CN(C(=O)c1cccnc1Cl)c1cccc(C(=O)Nc2c(Br)cc(C(F)(C(F)(F)F)C(F)(F)F)cc2I)c1F. The summed E-state index contributed by atoms with van der Waals surface area (Å²) in [4.78, 5) is 30.3. The van der Waals surface area contributed by atoms with Gasteiger partial charge in [-0.1, -0.05) is 17.7 Å². The van der Waals surface area contributed by atoms with Crippen LogP contribution in [0.4, 0.5) is 46.5 Å². The first-order chi connectivity index (χ1) is 17.9.